The molecular weight excluding hydrogens is 296 g/mol. The van der Waals surface area contributed by atoms with Crippen molar-refractivity contribution in [3.8, 4) is 0 Å². The van der Waals surface area contributed by atoms with E-state index in [0.717, 1.165) is 26.2 Å². The van der Waals surface area contributed by atoms with Crippen molar-refractivity contribution in [2.24, 2.45) is 0 Å². The Kier molecular flexibility index (Phi) is 21.3. The lowest BCUT2D eigenvalue weighted by Crippen LogP contribution is -1.95. The number of carbonyl (C=O) groups is 4. The van der Waals surface area contributed by atoms with E-state index in [1.807, 2.05) is 0 Å². The Morgan fingerprint density at radius 3 is 1.05 bits per heavy atom. The minimum Gasteiger partial charge on any atom is -0.481 e. The Morgan fingerprint density at radius 1 is 0.636 bits per heavy atom. The molecular formula is C14H26O8. The van der Waals surface area contributed by atoms with Crippen molar-refractivity contribution in [2.75, 3.05) is 0 Å². The molecule has 0 aliphatic heterocycles. The maximum atomic E-state index is 10.1. The maximum Gasteiger partial charge on any atom is 0.303 e. The molecule has 0 aromatic carbocycles. The normalized spacial score (nSPS) is 8.64. The van der Waals surface area contributed by atoms with Gasteiger partial charge in [-0.1, -0.05) is 26.2 Å². The maximum absolute atomic E-state index is 10.1. The summed E-state index contributed by atoms with van der Waals surface area (Å²) in [5, 5.41) is 31.8. The van der Waals surface area contributed by atoms with Crippen LogP contribution >= 0.6 is 0 Å². The van der Waals surface area contributed by atoms with Crippen LogP contribution in [0.3, 0.4) is 0 Å². The van der Waals surface area contributed by atoms with E-state index >= 15 is 0 Å². The molecule has 8 nitrogen and oxygen atoms in total. The fourth-order valence-corrected chi connectivity index (χ4v) is 1.08. The van der Waals surface area contributed by atoms with Gasteiger partial charge in [-0.2, -0.15) is 0 Å². The van der Waals surface area contributed by atoms with Crippen molar-refractivity contribution in [3.05, 3.63) is 0 Å². The molecule has 0 bridgehead atoms. The number of carboxylic acids is 4. The average molecular weight is 322 g/mol. The monoisotopic (exact) mass is 322 g/mol. The van der Waals surface area contributed by atoms with Crippen LogP contribution in [0.4, 0.5) is 0 Å². The SMILES string of the molecule is CC(=O)O.CCC(=O)O.O=C(O)CCCCCCCC(=O)O. The van der Waals surface area contributed by atoms with Crippen molar-refractivity contribution >= 4 is 23.9 Å². The van der Waals surface area contributed by atoms with Crippen LogP contribution in [0, 0.1) is 0 Å². The van der Waals surface area contributed by atoms with Crippen LogP contribution in [0.25, 0.3) is 0 Å². The van der Waals surface area contributed by atoms with E-state index in [1.54, 1.807) is 6.92 Å². The van der Waals surface area contributed by atoms with Gasteiger partial charge in [0.2, 0.25) is 0 Å². The van der Waals surface area contributed by atoms with Crippen LogP contribution in [0.15, 0.2) is 0 Å². The minimum atomic E-state index is -0.833. The molecule has 0 heterocycles. The summed E-state index contributed by atoms with van der Waals surface area (Å²) >= 11 is 0. The lowest BCUT2D eigenvalue weighted by molar-refractivity contribution is -0.138. The number of rotatable bonds is 9. The molecule has 0 unspecified atom stereocenters. The zero-order chi connectivity index (χ0) is 18.0. The Bertz CT molecular complexity index is 303. The van der Waals surface area contributed by atoms with E-state index in [-0.39, 0.29) is 19.3 Å². The fourth-order valence-electron chi connectivity index (χ4n) is 1.08. The average Bonchev–Trinajstić information content (AvgIpc) is 2.37. The van der Waals surface area contributed by atoms with Crippen LogP contribution in [0.5, 0.6) is 0 Å². The predicted octanol–water partition coefficient (Wildman–Crippen LogP) is 2.46. The topological polar surface area (TPSA) is 149 Å². The first-order valence-corrected chi connectivity index (χ1v) is 6.98. The highest BCUT2D eigenvalue weighted by molar-refractivity contribution is 5.67. The van der Waals surface area contributed by atoms with Gasteiger partial charge in [0.25, 0.3) is 5.97 Å². The van der Waals surface area contributed by atoms with Crippen LogP contribution in [0.1, 0.15) is 65.2 Å². The van der Waals surface area contributed by atoms with E-state index in [4.69, 9.17) is 25.2 Å². The Morgan fingerprint density at radius 2 is 0.864 bits per heavy atom. The van der Waals surface area contributed by atoms with Gasteiger partial charge in [-0.3, -0.25) is 19.2 Å². The number of hydrogen-bond acceptors (Lipinski definition) is 4. The van der Waals surface area contributed by atoms with E-state index in [2.05, 4.69) is 0 Å². The molecule has 0 saturated carbocycles. The van der Waals surface area contributed by atoms with Crippen molar-refractivity contribution in [2.45, 2.75) is 65.2 Å². The second-order valence-electron chi connectivity index (χ2n) is 4.32. The number of aliphatic carboxylic acids is 4. The van der Waals surface area contributed by atoms with Crippen molar-refractivity contribution in [1.82, 2.24) is 0 Å². The van der Waals surface area contributed by atoms with Crippen molar-refractivity contribution < 1.29 is 39.6 Å². The molecule has 4 N–H and O–H groups in total. The summed E-state index contributed by atoms with van der Waals surface area (Å²) in [6.07, 6.45) is 4.75. The predicted molar refractivity (Wildman–Crippen MR) is 78.8 cm³/mol. The summed E-state index contributed by atoms with van der Waals surface area (Å²) in [5.41, 5.74) is 0. The molecule has 0 aromatic heterocycles. The number of carboxylic acid groups (broad SMARTS) is 4. The van der Waals surface area contributed by atoms with Crippen LogP contribution in [-0.2, 0) is 19.2 Å². The zero-order valence-electron chi connectivity index (χ0n) is 13.1. The lowest BCUT2D eigenvalue weighted by atomic mass is 10.1. The summed E-state index contributed by atoms with van der Waals surface area (Å²) in [5.74, 6) is -3.10. The highest BCUT2D eigenvalue weighted by Crippen LogP contribution is 2.06. The molecule has 0 saturated heterocycles. The minimum absolute atomic E-state index is 0.221. The van der Waals surface area contributed by atoms with Crippen molar-refractivity contribution in [1.29, 1.82) is 0 Å². The third kappa shape index (κ3) is 52.2. The second kappa shape index (κ2) is 18.9. The molecule has 22 heavy (non-hydrogen) atoms. The lowest BCUT2D eigenvalue weighted by Gasteiger charge is -1.97. The Labute approximate surface area is 129 Å². The van der Waals surface area contributed by atoms with E-state index in [9.17, 15) is 14.4 Å². The van der Waals surface area contributed by atoms with Gasteiger partial charge in [-0.05, 0) is 12.8 Å². The molecule has 0 aromatic rings. The molecule has 0 radical (unpaired) electrons. The molecule has 8 heteroatoms. The van der Waals surface area contributed by atoms with E-state index in [1.165, 1.54) is 0 Å². The van der Waals surface area contributed by atoms with Gasteiger partial charge >= 0.3 is 17.9 Å². The highest BCUT2D eigenvalue weighted by Gasteiger charge is 1.98. The molecule has 0 atom stereocenters. The molecule has 0 spiro atoms. The molecule has 0 fully saturated rings. The van der Waals surface area contributed by atoms with Crippen LogP contribution in [-0.4, -0.2) is 44.3 Å². The first-order valence-electron chi connectivity index (χ1n) is 6.98. The summed E-state index contributed by atoms with van der Waals surface area (Å²) in [7, 11) is 0. The van der Waals surface area contributed by atoms with Gasteiger partial charge in [0.1, 0.15) is 0 Å². The molecule has 130 valence electrons. The second-order valence-corrected chi connectivity index (χ2v) is 4.32. The van der Waals surface area contributed by atoms with E-state index in [0.29, 0.717) is 12.8 Å². The first-order chi connectivity index (χ1) is 10.1. The third-order valence-corrected chi connectivity index (χ3v) is 2.08. The molecule has 0 amide bonds. The summed E-state index contributed by atoms with van der Waals surface area (Å²) in [6.45, 7) is 2.68. The smallest absolute Gasteiger partial charge is 0.303 e. The third-order valence-electron chi connectivity index (χ3n) is 2.08. The van der Waals surface area contributed by atoms with Gasteiger partial charge in [-0.25, -0.2) is 0 Å². The Balaban J connectivity index is -0.000000330. The van der Waals surface area contributed by atoms with Gasteiger partial charge in [0.05, 0.1) is 0 Å². The quantitative estimate of drug-likeness (QED) is 0.473. The number of hydrogen-bond donors (Lipinski definition) is 4. The molecule has 0 aliphatic rings. The summed E-state index contributed by atoms with van der Waals surface area (Å²) in [6, 6.07) is 0. The molecule has 0 rings (SSSR count). The summed E-state index contributed by atoms with van der Waals surface area (Å²) in [4.78, 5) is 38.6. The zero-order valence-corrected chi connectivity index (χ0v) is 13.1. The summed E-state index contributed by atoms with van der Waals surface area (Å²) < 4.78 is 0. The standard InChI is InChI=1S/C9H16O4.C3H6O2.C2H4O2/c10-8(11)6-4-2-1-3-5-7-9(12)13;1-2-3(4)5;1-2(3)4/h1-7H2,(H,10,11)(H,12,13);2H2,1H3,(H,4,5);1H3,(H,3,4). The largest absolute Gasteiger partial charge is 0.481 e. The molecule has 0 aliphatic carbocycles. The van der Waals surface area contributed by atoms with Crippen LogP contribution in [0.2, 0.25) is 0 Å². The highest BCUT2D eigenvalue weighted by atomic mass is 16.4. The Hall–Kier alpha value is -2.12. The van der Waals surface area contributed by atoms with E-state index < -0.39 is 23.9 Å². The van der Waals surface area contributed by atoms with Crippen molar-refractivity contribution in [3.63, 3.8) is 0 Å². The van der Waals surface area contributed by atoms with Gasteiger partial charge in [0, 0.05) is 26.2 Å². The first kappa shape index (κ1) is 24.9. The van der Waals surface area contributed by atoms with Gasteiger partial charge in [0.15, 0.2) is 0 Å². The van der Waals surface area contributed by atoms with Crippen LogP contribution < -0.4 is 0 Å². The van der Waals surface area contributed by atoms with Gasteiger partial charge < -0.3 is 20.4 Å². The number of unbranched alkanes of at least 4 members (excludes halogenated alkanes) is 4. The van der Waals surface area contributed by atoms with Gasteiger partial charge in [-0.15, -0.1) is 0 Å². The fraction of sp³-hybridized carbons (Fsp3) is 0.714.